The Balaban J connectivity index is 1.33. The van der Waals surface area contributed by atoms with Crippen molar-refractivity contribution in [2.45, 2.75) is 33.7 Å². The van der Waals surface area contributed by atoms with E-state index in [-0.39, 0.29) is 11.8 Å². The number of hydrogen-bond acceptors (Lipinski definition) is 3. The van der Waals surface area contributed by atoms with Gasteiger partial charge in [-0.15, -0.1) is 0 Å². The SMILES string of the molecule is CC(C)(C)C(=O)Nc1ccc(-c2cc3c(o2)CCN(C(=O)c2cccc4ccccc24)C3)cc1. The number of carbonyl (C=O) groups is 2. The van der Waals surface area contributed by atoms with Gasteiger partial charge in [0.2, 0.25) is 5.91 Å². The van der Waals surface area contributed by atoms with Gasteiger partial charge in [-0.25, -0.2) is 0 Å². The number of furan rings is 1. The van der Waals surface area contributed by atoms with Crippen molar-refractivity contribution in [2.75, 3.05) is 11.9 Å². The third kappa shape index (κ3) is 4.21. The summed E-state index contributed by atoms with van der Waals surface area (Å²) in [6.07, 6.45) is 0.686. The molecule has 2 heterocycles. The molecule has 1 aliphatic heterocycles. The molecule has 0 saturated carbocycles. The zero-order chi connectivity index (χ0) is 23.9. The minimum atomic E-state index is -0.450. The topological polar surface area (TPSA) is 62.6 Å². The van der Waals surface area contributed by atoms with E-state index in [9.17, 15) is 9.59 Å². The molecule has 0 atom stereocenters. The predicted octanol–water partition coefficient (Wildman–Crippen LogP) is 6.28. The minimum absolute atomic E-state index is 0.0235. The van der Waals surface area contributed by atoms with Crippen LogP contribution in [0.1, 0.15) is 42.5 Å². The highest BCUT2D eigenvalue weighted by molar-refractivity contribution is 6.07. The van der Waals surface area contributed by atoms with Crippen LogP contribution in [-0.2, 0) is 17.8 Å². The van der Waals surface area contributed by atoms with Crippen LogP contribution in [0.5, 0.6) is 0 Å². The smallest absolute Gasteiger partial charge is 0.254 e. The number of nitrogens with zero attached hydrogens (tertiary/aromatic N) is 1. The molecule has 172 valence electrons. The number of fused-ring (bicyclic) bond motifs is 2. The van der Waals surface area contributed by atoms with E-state index in [4.69, 9.17) is 4.42 Å². The predicted molar refractivity (Wildman–Crippen MR) is 135 cm³/mol. The minimum Gasteiger partial charge on any atom is -0.461 e. The van der Waals surface area contributed by atoms with Crippen molar-refractivity contribution in [1.82, 2.24) is 4.90 Å². The molecule has 5 rings (SSSR count). The average Bonchev–Trinajstić information content (AvgIpc) is 3.26. The summed E-state index contributed by atoms with van der Waals surface area (Å²) in [4.78, 5) is 27.5. The molecule has 3 aromatic carbocycles. The first-order chi connectivity index (χ1) is 16.3. The highest BCUT2D eigenvalue weighted by Gasteiger charge is 2.26. The van der Waals surface area contributed by atoms with Crippen LogP contribution in [0, 0.1) is 5.41 Å². The summed E-state index contributed by atoms with van der Waals surface area (Å²) in [5.74, 6) is 1.73. The Kier molecular flexibility index (Phi) is 5.48. The van der Waals surface area contributed by atoms with Gasteiger partial charge in [-0.3, -0.25) is 9.59 Å². The van der Waals surface area contributed by atoms with E-state index < -0.39 is 5.41 Å². The van der Waals surface area contributed by atoms with Gasteiger partial charge in [0.05, 0.1) is 0 Å². The Labute approximate surface area is 199 Å². The first kappa shape index (κ1) is 22.0. The van der Waals surface area contributed by atoms with Crippen LogP contribution in [-0.4, -0.2) is 23.3 Å². The van der Waals surface area contributed by atoms with Gasteiger partial charge in [0.1, 0.15) is 11.5 Å². The molecule has 0 saturated heterocycles. The molecule has 0 aliphatic carbocycles. The zero-order valence-corrected chi connectivity index (χ0v) is 19.7. The van der Waals surface area contributed by atoms with Crippen molar-refractivity contribution in [3.63, 3.8) is 0 Å². The fraction of sp³-hybridized carbons (Fsp3) is 0.241. The molecule has 2 amide bonds. The Morgan fingerprint density at radius 2 is 1.68 bits per heavy atom. The molecule has 5 heteroatoms. The van der Waals surface area contributed by atoms with Gasteiger partial charge in [0.15, 0.2) is 0 Å². The Morgan fingerprint density at radius 1 is 0.941 bits per heavy atom. The Morgan fingerprint density at radius 3 is 2.44 bits per heavy atom. The van der Waals surface area contributed by atoms with E-state index in [1.807, 2.05) is 98.5 Å². The molecule has 4 aromatic rings. The van der Waals surface area contributed by atoms with E-state index >= 15 is 0 Å². The summed E-state index contributed by atoms with van der Waals surface area (Å²) in [5, 5.41) is 4.99. The van der Waals surface area contributed by atoms with Gasteiger partial charge in [-0.05, 0) is 47.2 Å². The van der Waals surface area contributed by atoms with E-state index in [1.54, 1.807) is 0 Å². The summed E-state index contributed by atoms with van der Waals surface area (Å²) in [7, 11) is 0. The Hall–Kier alpha value is -3.86. The second kappa shape index (κ2) is 8.49. The van der Waals surface area contributed by atoms with Crippen LogP contribution in [0.25, 0.3) is 22.1 Å². The fourth-order valence-electron chi connectivity index (χ4n) is 4.27. The maximum Gasteiger partial charge on any atom is 0.254 e. The molecule has 0 spiro atoms. The lowest BCUT2D eigenvalue weighted by Crippen LogP contribution is -2.35. The van der Waals surface area contributed by atoms with Crippen LogP contribution in [0.15, 0.2) is 77.2 Å². The van der Waals surface area contributed by atoms with Crippen molar-refractivity contribution in [3.8, 4) is 11.3 Å². The monoisotopic (exact) mass is 452 g/mol. The van der Waals surface area contributed by atoms with Gasteiger partial charge in [0, 0.05) is 47.3 Å². The van der Waals surface area contributed by atoms with Gasteiger partial charge in [-0.2, -0.15) is 0 Å². The fourth-order valence-corrected chi connectivity index (χ4v) is 4.27. The third-order valence-corrected chi connectivity index (χ3v) is 6.28. The van der Waals surface area contributed by atoms with E-state index in [1.165, 1.54) is 0 Å². The van der Waals surface area contributed by atoms with Crippen LogP contribution < -0.4 is 5.32 Å². The molecule has 0 radical (unpaired) electrons. The third-order valence-electron chi connectivity index (χ3n) is 6.28. The van der Waals surface area contributed by atoms with E-state index in [2.05, 4.69) is 5.32 Å². The molecule has 1 aliphatic rings. The molecule has 1 N–H and O–H groups in total. The molecular formula is C29H28N2O3. The van der Waals surface area contributed by atoms with E-state index in [0.717, 1.165) is 44.7 Å². The van der Waals surface area contributed by atoms with Gasteiger partial charge in [0.25, 0.3) is 5.91 Å². The molecule has 0 fully saturated rings. The van der Waals surface area contributed by atoms with E-state index in [0.29, 0.717) is 19.5 Å². The summed E-state index contributed by atoms with van der Waals surface area (Å²) in [6, 6.07) is 23.6. The number of carbonyl (C=O) groups excluding carboxylic acids is 2. The normalized spacial score (nSPS) is 13.6. The Bertz CT molecular complexity index is 1370. The summed E-state index contributed by atoms with van der Waals surface area (Å²) >= 11 is 0. The second-order valence-electron chi connectivity index (χ2n) is 9.84. The lowest BCUT2D eigenvalue weighted by Gasteiger charge is -2.26. The first-order valence-corrected chi connectivity index (χ1v) is 11.6. The second-order valence-corrected chi connectivity index (χ2v) is 9.84. The highest BCUT2D eigenvalue weighted by atomic mass is 16.3. The lowest BCUT2D eigenvalue weighted by atomic mass is 9.95. The standard InChI is InChI=1S/C29H28N2O3/c1-29(2,3)28(33)30-22-13-11-20(12-14-22)26-17-21-18-31(16-15-25(21)34-26)27(32)24-10-6-8-19-7-4-5-9-23(19)24/h4-14,17H,15-16,18H2,1-3H3,(H,30,33). The quantitative estimate of drug-likeness (QED) is 0.398. The van der Waals surface area contributed by atoms with Crippen molar-refractivity contribution < 1.29 is 14.0 Å². The van der Waals surface area contributed by atoms with Gasteiger partial charge in [-0.1, -0.05) is 57.2 Å². The van der Waals surface area contributed by atoms with Crippen molar-refractivity contribution in [3.05, 3.63) is 89.7 Å². The maximum absolute atomic E-state index is 13.4. The molecule has 34 heavy (non-hydrogen) atoms. The number of hydrogen-bond donors (Lipinski definition) is 1. The van der Waals surface area contributed by atoms with Crippen LogP contribution in [0.4, 0.5) is 5.69 Å². The van der Waals surface area contributed by atoms with Crippen LogP contribution >= 0.6 is 0 Å². The summed E-state index contributed by atoms with van der Waals surface area (Å²) in [6.45, 7) is 6.81. The van der Waals surface area contributed by atoms with Crippen molar-refractivity contribution in [1.29, 1.82) is 0 Å². The lowest BCUT2D eigenvalue weighted by molar-refractivity contribution is -0.123. The zero-order valence-electron chi connectivity index (χ0n) is 19.7. The van der Waals surface area contributed by atoms with Gasteiger partial charge < -0.3 is 14.6 Å². The molecular weight excluding hydrogens is 424 g/mol. The van der Waals surface area contributed by atoms with Crippen molar-refractivity contribution in [2.24, 2.45) is 5.41 Å². The average molecular weight is 453 g/mol. The van der Waals surface area contributed by atoms with Gasteiger partial charge >= 0.3 is 0 Å². The number of rotatable bonds is 3. The number of anilines is 1. The number of nitrogens with one attached hydrogen (secondary N) is 1. The van der Waals surface area contributed by atoms with Crippen LogP contribution in [0.2, 0.25) is 0 Å². The number of benzene rings is 3. The molecule has 5 nitrogen and oxygen atoms in total. The van der Waals surface area contributed by atoms with Crippen LogP contribution in [0.3, 0.4) is 0 Å². The van der Waals surface area contributed by atoms with Crippen molar-refractivity contribution >= 4 is 28.3 Å². The summed E-state index contributed by atoms with van der Waals surface area (Å²) in [5.41, 5.74) is 3.02. The number of amides is 2. The molecule has 0 bridgehead atoms. The molecule has 0 unspecified atom stereocenters. The summed E-state index contributed by atoms with van der Waals surface area (Å²) < 4.78 is 6.15. The largest absolute Gasteiger partial charge is 0.461 e. The highest BCUT2D eigenvalue weighted by Crippen LogP contribution is 2.31. The molecule has 1 aromatic heterocycles. The maximum atomic E-state index is 13.4. The first-order valence-electron chi connectivity index (χ1n) is 11.6.